The van der Waals surface area contributed by atoms with Gasteiger partial charge in [0.2, 0.25) is 5.95 Å². The van der Waals surface area contributed by atoms with Crippen molar-refractivity contribution in [3.63, 3.8) is 0 Å². The van der Waals surface area contributed by atoms with E-state index >= 15 is 0 Å². The third-order valence-corrected chi connectivity index (χ3v) is 7.55. The summed E-state index contributed by atoms with van der Waals surface area (Å²) in [5, 5.41) is 20.1. The van der Waals surface area contributed by atoms with Gasteiger partial charge in [-0.3, -0.25) is 0 Å². The maximum absolute atomic E-state index is 10.4. The number of aryl methyl sites for hydroxylation is 1. The Morgan fingerprint density at radius 3 is 2.62 bits per heavy atom. The van der Waals surface area contributed by atoms with Crippen molar-refractivity contribution in [1.29, 1.82) is 0 Å². The molecule has 5 N–H and O–H groups in total. The van der Waals surface area contributed by atoms with Gasteiger partial charge in [0.25, 0.3) is 0 Å². The molecule has 194 valence electrons. The van der Waals surface area contributed by atoms with Crippen LogP contribution in [-0.4, -0.2) is 46.3 Å². The third-order valence-electron chi connectivity index (χ3n) is 6.56. The first-order valence-electron chi connectivity index (χ1n) is 12.4. The molecule has 37 heavy (non-hydrogen) atoms. The summed E-state index contributed by atoms with van der Waals surface area (Å²) in [5.41, 5.74) is 8.58. The van der Waals surface area contributed by atoms with E-state index in [0.717, 1.165) is 58.8 Å². The van der Waals surface area contributed by atoms with Crippen LogP contribution >= 0.6 is 11.3 Å². The summed E-state index contributed by atoms with van der Waals surface area (Å²) >= 11 is 1.57. The lowest BCUT2D eigenvalue weighted by atomic mass is 10.1. The average molecular weight is 520 g/mol. The summed E-state index contributed by atoms with van der Waals surface area (Å²) in [6.07, 6.45) is 1.95. The number of aliphatic hydroxyl groups is 1. The van der Waals surface area contributed by atoms with Gasteiger partial charge < -0.3 is 31.1 Å². The van der Waals surface area contributed by atoms with Crippen LogP contribution in [0.15, 0.2) is 41.8 Å². The van der Waals surface area contributed by atoms with Gasteiger partial charge >= 0.3 is 0 Å². The molecule has 0 bridgehead atoms. The number of thiophene rings is 1. The molecule has 0 amide bonds. The molecule has 1 saturated heterocycles. The zero-order valence-corrected chi connectivity index (χ0v) is 22.4. The van der Waals surface area contributed by atoms with E-state index in [4.69, 9.17) is 20.4 Å². The lowest BCUT2D eigenvalue weighted by molar-refractivity contribution is 0.0740. The van der Waals surface area contributed by atoms with Gasteiger partial charge in [-0.15, -0.1) is 11.3 Å². The molecular formula is C27H33N7O2S. The zero-order valence-electron chi connectivity index (χ0n) is 21.6. The second-order valence-electron chi connectivity index (χ2n) is 9.92. The van der Waals surface area contributed by atoms with E-state index in [1.807, 2.05) is 31.2 Å². The van der Waals surface area contributed by atoms with Crippen molar-refractivity contribution in [2.75, 3.05) is 35.7 Å². The molecule has 10 heteroatoms. The minimum Gasteiger partial charge on any atom is -0.495 e. The van der Waals surface area contributed by atoms with Crippen LogP contribution in [0.25, 0.3) is 10.2 Å². The maximum atomic E-state index is 10.4. The fraction of sp³-hybridized carbons (Fsp3) is 0.370. The Kier molecular flexibility index (Phi) is 6.89. The zero-order chi connectivity index (χ0) is 26.2. The first-order valence-corrected chi connectivity index (χ1v) is 13.3. The van der Waals surface area contributed by atoms with Crippen LogP contribution in [0.3, 0.4) is 0 Å². The number of pyridine rings is 1. The smallest absolute Gasteiger partial charge is 0.230 e. The van der Waals surface area contributed by atoms with Crippen LogP contribution in [0.1, 0.15) is 37.9 Å². The Morgan fingerprint density at radius 2 is 1.89 bits per heavy atom. The van der Waals surface area contributed by atoms with E-state index in [0.29, 0.717) is 23.3 Å². The molecule has 4 aromatic rings. The molecule has 0 aliphatic carbocycles. The molecule has 9 nitrogen and oxygen atoms in total. The molecule has 5 rings (SSSR count). The van der Waals surface area contributed by atoms with Crippen LogP contribution < -0.4 is 26.0 Å². The molecule has 1 aliphatic rings. The van der Waals surface area contributed by atoms with Gasteiger partial charge in [0.15, 0.2) is 0 Å². The summed E-state index contributed by atoms with van der Waals surface area (Å²) in [6, 6.07) is 11.8. The molecule has 0 spiro atoms. The number of hydrogen-bond donors (Lipinski definition) is 4. The number of anilines is 5. The number of hydrogen-bond acceptors (Lipinski definition) is 10. The van der Waals surface area contributed by atoms with E-state index in [-0.39, 0.29) is 6.04 Å². The van der Waals surface area contributed by atoms with Gasteiger partial charge in [0.1, 0.15) is 27.8 Å². The number of ether oxygens (including phenoxy) is 1. The SMILES string of the molecule is COc1cc(Nc2nc(Nc3cccc(C(C)(C)O)n3)c3c(C)csc3n2)ccc1N1CCC(N)CC1. The summed E-state index contributed by atoms with van der Waals surface area (Å²) in [5.74, 6) is 2.51. The summed E-state index contributed by atoms with van der Waals surface area (Å²) in [6.45, 7) is 7.30. The Balaban J connectivity index is 1.44. The Morgan fingerprint density at radius 1 is 1.11 bits per heavy atom. The summed E-state index contributed by atoms with van der Waals surface area (Å²) in [7, 11) is 1.69. The Labute approximate surface area is 220 Å². The molecule has 0 radical (unpaired) electrons. The topological polar surface area (TPSA) is 121 Å². The van der Waals surface area contributed by atoms with Crippen LogP contribution in [0.4, 0.5) is 29.0 Å². The first-order chi connectivity index (χ1) is 17.7. The van der Waals surface area contributed by atoms with E-state index in [9.17, 15) is 5.11 Å². The summed E-state index contributed by atoms with van der Waals surface area (Å²) < 4.78 is 5.73. The second kappa shape index (κ2) is 10.1. The maximum Gasteiger partial charge on any atom is 0.230 e. The standard InChI is InChI=1S/C27H33N7O2S/c1-16-15-37-25-23(16)24(31-22-7-5-6-21(30-22)27(2,3)35)32-26(33-25)29-18-8-9-19(20(14-18)36-4)34-12-10-17(28)11-13-34/h5-9,14-15,17,35H,10-13,28H2,1-4H3,(H2,29,30,31,32,33). The van der Waals surface area contributed by atoms with Crippen LogP contribution in [0.2, 0.25) is 0 Å². The van der Waals surface area contributed by atoms with Crippen LogP contribution in [-0.2, 0) is 5.60 Å². The van der Waals surface area contributed by atoms with Gasteiger partial charge in [0, 0.05) is 30.9 Å². The fourth-order valence-corrected chi connectivity index (χ4v) is 5.40. The van der Waals surface area contributed by atoms with Crippen LogP contribution in [0, 0.1) is 6.92 Å². The molecular weight excluding hydrogens is 486 g/mol. The number of fused-ring (bicyclic) bond motifs is 1. The monoisotopic (exact) mass is 519 g/mol. The average Bonchev–Trinajstić information content (AvgIpc) is 3.25. The van der Waals surface area contributed by atoms with Crippen LogP contribution in [0.5, 0.6) is 5.75 Å². The molecule has 0 saturated carbocycles. The van der Waals surface area contributed by atoms with E-state index in [1.54, 1.807) is 38.4 Å². The Bertz CT molecular complexity index is 1410. The number of aromatic nitrogens is 3. The molecule has 0 unspecified atom stereocenters. The lowest BCUT2D eigenvalue weighted by Gasteiger charge is -2.33. The van der Waals surface area contributed by atoms with Gasteiger partial charge in [-0.2, -0.15) is 4.98 Å². The highest BCUT2D eigenvalue weighted by molar-refractivity contribution is 7.17. The van der Waals surface area contributed by atoms with Gasteiger partial charge in [-0.1, -0.05) is 6.07 Å². The van der Waals surface area contributed by atoms with Crippen molar-refractivity contribution >= 4 is 50.5 Å². The minimum absolute atomic E-state index is 0.270. The normalized spacial score (nSPS) is 14.7. The minimum atomic E-state index is -1.05. The highest BCUT2D eigenvalue weighted by Gasteiger charge is 2.21. The van der Waals surface area contributed by atoms with E-state index in [1.165, 1.54) is 0 Å². The van der Waals surface area contributed by atoms with Crippen molar-refractivity contribution in [2.24, 2.45) is 5.73 Å². The Hall–Kier alpha value is -3.47. The highest BCUT2D eigenvalue weighted by atomic mass is 32.1. The van der Waals surface area contributed by atoms with Crippen molar-refractivity contribution < 1.29 is 9.84 Å². The number of piperidine rings is 1. The number of nitrogens with two attached hydrogens (primary N) is 1. The quantitative estimate of drug-likeness (QED) is 0.266. The van der Waals surface area contributed by atoms with Gasteiger partial charge in [-0.05, 0) is 68.8 Å². The largest absolute Gasteiger partial charge is 0.495 e. The van der Waals surface area contributed by atoms with Crippen molar-refractivity contribution in [1.82, 2.24) is 15.0 Å². The predicted molar refractivity (Wildman–Crippen MR) is 151 cm³/mol. The number of methoxy groups -OCH3 is 1. The third kappa shape index (κ3) is 5.46. The molecule has 1 fully saturated rings. The predicted octanol–water partition coefficient (Wildman–Crippen LogP) is 5.05. The lowest BCUT2D eigenvalue weighted by Crippen LogP contribution is -2.39. The van der Waals surface area contributed by atoms with Gasteiger partial charge in [-0.25, -0.2) is 9.97 Å². The molecule has 3 aromatic heterocycles. The molecule has 1 aliphatic heterocycles. The fourth-order valence-electron chi connectivity index (χ4n) is 4.48. The van der Waals surface area contributed by atoms with Crippen molar-refractivity contribution in [3.8, 4) is 5.75 Å². The van der Waals surface area contributed by atoms with Crippen molar-refractivity contribution in [2.45, 2.75) is 45.3 Å². The van der Waals surface area contributed by atoms with E-state index < -0.39 is 5.60 Å². The number of nitrogens with one attached hydrogen (secondary N) is 2. The van der Waals surface area contributed by atoms with E-state index in [2.05, 4.69) is 32.0 Å². The highest BCUT2D eigenvalue weighted by Crippen LogP contribution is 2.36. The molecule has 0 atom stereocenters. The van der Waals surface area contributed by atoms with Crippen molar-refractivity contribution in [3.05, 3.63) is 53.0 Å². The number of nitrogens with zero attached hydrogens (tertiary/aromatic N) is 4. The summed E-state index contributed by atoms with van der Waals surface area (Å²) in [4.78, 5) is 17.3. The first kappa shape index (κ1) is 25.2. The number of rotatable bonds is 7. The second-order valence-corrected chi connectivity index (χ2v) is 10.8. The molecule has 1 aromatic carbocycles. The number of benzene rings is 1. The molecule has 4 heterocycles. The van der Waals surface area contributed by atoms with Gasteiger partial charge in [0.05, 0.1) is 23.9 Å².